The summed E-state index contributed by atoms with van der Waals surface area (Å²) < 4.78 is 5.17. The molecule has 1 aromatic carbocycles. The van der Waals surface area contributed by atoms with Gasteiger partial charge in [-0.05, 0) is 50.3 Å². The Kier molecular flexibility index (Phi) is 4.82. The summed E-state index contributed by atoms with van der Waals surface area (Å²) in [5.41, 5.74) is 1.36. The Hall–Kier alpha value is -1.28. The van der Waals surface area contributed by atoms with Gasteiger partial charge < -0.3 is 10.1 Å². The van der Waals surface area contributed by atoms with Crippen LogP contribution in [0.1, 0.15) is 31.7 Å². The van der Waals surface area contributed by atoms with Crippen LogP contribution >= 0.6 is 0 Å². The summed E-state index contributed by atoms with van der Waals surface area (Å²) in [4.78, 5) is 0. The molecule has 1 N–H and O–H groups in total. The molecule has 98 valence electrons. The molecule has 0 saturated carbocycles. The Morgan fingerprint density at radius 2 is 2.06 bits per heavy atom. The molecule has 2 nitrogen and oxygen atoms in total. The van der Waals surface area contributed by atoms with Crippen LogP contribution in [0.5, 0.6) is 5.75 Å². The molecule has 2 atom stereocenters. The SMILES string of the molecule is COc1ccc(CC(C)NC2CC=CCC2)cc1. The van der Waals surface area contributed by atoms with Crippen LogP contribution in [0.4, 0.5) is 0 Å². The summed E-state index contributed by atoms with van der Waals surface area (Å²) in [5.74, 6) is 0.928. The Bertz CT molecular complexity index is 383. The van der Waals surface area contributed by atoms with Crippen molar-refractivity contribution in [1.82, 2.24) is 5.32 Å². The molecule has 18 heavy (non-hydrogen) atoms. The molecule has 0 bridgehead atoms. The van der Waals surface area contributed by atoms with E-state index in [2.05, 4.69) is 36.5 Å². The first-order valence-electron chi connectivity index (χ1n) is 6.82. The van der Waals surface area contributed by atoms with E-state index in [9.17, 15) is 0 Å². The number of benzene rings is 1. The number of methoxy groups -OCH3 is 1. The van der Waals surface area contributed by atoms with Gasteiger partial charge in [0, 0.05) is 12.1 Å². The Morgan fingerprint density at radius 1 is 1.28 bits per heavy atom. The summed E-state index contributed by atoms with van der Waals surface area (Å²) in [6.45, 7) is 2.27. The van der Waals surface area contributed by atoms with Crippen molar-refractivity contribution in [2.45, 2.75) is 44.7 Å². The van der Waals surface area contributed by atoms with Gasteiger partial charge in [0.05, 0.1) is 7.11 Å². The molecule has 0 spiro atoms. The lowest BCUT2D eigenvalue weighted by molar-refractivity contribution is 0.411. The minimum Gasteiger partial charge on any atom is -0.497 e. The summed E-state index contributed by atoms with van der Waals surface area (Å²) in [5, 5.41) is 3.71. The maximum atomic E-state index is 5.17. The lowest BCUT2D eigenvalue weighted by Gasteiger charge is -2.24. The van der Waals surface area contributed by atoms with Gasteiger partial charge in [-0.15, -0.1) is 0 Å². The molecule has 1 aliphatic carbocycles. The van der Waals surface area contributed by atoms with Crippen molar-refractivity contribution in [2.75, 3.05) is 7.11 Å². The van der Waals surface area contributed by atoms with Crippen molar-refractivity contribution >= 4 is 0 Å². The number of hydrogen-bond donors (Lipinski definition) is 1. The minimum absolute atomic E-state index is 0.523. The summed E-state index contributed by atoms with van der Waals surface area (Å²) in [6, 6.07) is 9.55. The average molecular weight is 245 g/mol. The summed E-state index contributed by atoms with van der Waals surface area (Å²) in [7, 11) is 1.70. The van der Waals surface area contributed by atoms with Gasteiger partial charge in [0.1, 0.15) is 5.75 Å². The highest BCUT2D eigenvalue weighted by Gasteiger charge is 2.12. The van der Waals surface area contributed by atoms with Crippen molar-refractivity contribution in [2.24, 2.45) is 0 Å². The van der Waals surface area contributed by atoms with E-state index in [0.29, 0.717) is 12.1 Å². The molecule has 0 aliphatic heterocycles. The van der Waals surface area contributed by atoms with E-state index in [4.69, 9.17) is 4.74 Å². The van der Waals surface area contributed by atoms with Crippen LogP contribution in [0.3, 0.4) is 0 Å². The molecule has 0 heterocycles. The van der Waals surface area contributed by atoms with Crippen LogP contribution in [-0.4, -0.2) is 19.2 Å². The van der Waals surface area contributed by atoms with E-state index in [0.717, 1.165) is 12.2 Å². The largest absolute Gasteiger partial charge is 0.497 e. The van der Waals surface area contributed by atoms with Crippen molar-refractivity contribution in [3.8, 4) is 5.75 Å². The molecule has 2 unspecified atom stereocenters. The zero-order valence-electron chi connectivity index (χ0n) is 11.4. The second-order valence-electron chi connectivity index (χ2n) is 5.10. The van der Waals surface area contributed by atoms with Crippen LogP contribution in [0, 0.1) is 0 Å². The van der Waals surface area contributed by atoms with Gasteiger partial charge in [-0.3, -0.25) is 0 Å². The van der Waals surface area contributed by atoms with Gasteiger partial charge in [0.15, 0.2) is 0 Å². The number of ether oxygens (including phenoxy) is 1. The third-order valence-corrected chi connectivity index (χ3v) is 3.49. The van der Waals surface area contributed by atoms with E-state index >= 15 is 0 Å². The van der Waals surface area contributed by atoms with Crippen molar-refractivity contribution < 1.29 is 4.74 Å². The molecule has 0 aromatic heterocycles. The lowest BCUT2D eigenvalue weighted by Crippen LogP contribution is -2.38. The van der Waals surface area contributed by atoms with Crippen LogP contribution in [-0.2, 0) is 6.42 Å². The van der Waals surface area contributed by atoms with E-state index in [1.54, 1.807) is 7.11 Å². The van der Waals surface area contributed by atoms with Crippen LogP contribution < -0.4 is 10.1 Å². The summed E-state index contributed by atoms with van der Waals surface area (Å²) >= 11 is 0. The fraction of sp³-hybridized carbons (Fsp3) is 0.500. The van der Waals surface area contributed by atoms with Crippen molar-refractivity contribution in [3.63, 3.8) is 0 Å². The normalized spacial score (nSPS) is 20.7. The first-order valence-corrected chi connectivity index (χ1v) is 6.82. The molecule has 0 fully saturated rings. The molecule has 2 rings (SSSR count). The highest BCUT2D eigenvalue weighted by atomic mass is 16.5. The smallest absolute Gasteiger partial charge is 0.118 e. The standard InChI is InChI=1S/C16H23NO/c1-13(17-15-6-4-3-5-7-15)12-14-8-10-16(18-2)11-9-14/h3-4,8-11,13,15,17H,5-7,12H2,1-2H3. The van der Waals surface area contributed by atoms with Crippen molar-refractivity contribution in [3.05, 3.63) is 42.0 Å². The topological polar surface area (TPSA) is 21.3 Å². The molecule has 0 radical (unpaired) electrons. The Balaban J connectivity index is 1.82. The fourth-order valence-electron chi connectivity index (χ4n) is 2.52. The molecule has 1 aromatic rings. The highest BCUT2D eigenvalue weighted by Crippen LogP contribution is 2.15. The number of nitrogens with one attached hydrogen (secondary N) is 1. The maximum absolute atomic E-state index is 5.17. The van der Waals surface area contributed by atoms with Gasteiger partial charge >= 0.3 is 0 Å². The number of hydrogen-bond acceptors (Lipinski definition) is 2. The van der Waals surface area contributed by atoms with Crippen LogP contribution in [0.25, 0.3) is 0 Å². The van der Waals surface area contributed by atoms with Crippen LogP contribution in [0.2, 0.25) is 0 Å². The predicted molar refractivity (Wildman–Crippen MR) is 76.1 cm³/mol. The van der Waals surface area contributed by atoms with Gasteiger partial charge in [0.2, 0.25) is 0 Å². The Labute approximate surface area is 110 Å². The molecule has 1 aliphatic rings. The molecule has 0 saturated heterocycles. The van der Waals surface area contributed by atoms with Crippen LogP contribution in [0.15, 0.2) is 36.4 Å². The molecular formula is C16H23NO. The molecule has 2 heteroatoms. The second-order valence-corrected chi connectivity index (χ2v) is 5.10. The highest BCUT2D eigenvalue weighted by molar-refractivity contribution is 5.27. The van der Waals surface area contributed by atoms with Gasteiger partial charge in [-0.1, -0.05) is 24.3 Å². The number of rotatable bonds is 5. The molecule has 0 amide bonds. The van der Waals surface area contributed by atoms with Gasteiger partial charge in [0.25, 0.3) is 0 Å². The second kappa shape index (κ2) is 6.60. The van der Waals surface area contributed by atoms with Crippen molar-refractivity contribution in [1.29, 1.82) is 0 Å². The third kappa shape index (κ3) is 3.88. The monoisotopic (exact) mass is 245 g/mol. The quantitative estimate of drug-likeness (QED) is 0.803. The minimum atomic E-state index is 0.523. The predicted octanol–water partition coefficient (Wildman–Crippen LogP) is 3.32. The summed E-state index contributed by atoms with van der Waals surface area (Å²) in [6.07, 6.45) is 9.31. The third-order valence-electron chi connectivity index (χ3n) is 3.49. The average Bonchev–Trinajstić information content (AvgIpc) is 2.40. The molecular weight excluding hydrogens is 222 g/mol. The van der Waals surface area contributed by atoms with E-state index in [-0.39, 0.29) is 0 Å². The maximum Gasteiger partial charge on any atom is 0.118 e. The fourth-order valence-corrected chi connectivity index (χ4v) is 2.52. The van der Waals surface area contributed by atoms with E-state index in [1.807, 2.05) is 12.1 Å². The van der Waals surface area contributed by atoms with E-state index in [1.165, 1.54) is 24.8 Å². The number of allylic oxidation sites excluding steroid dienone is 1. The lowest BCUT2D eigenvalue weighted by atomic mass is 9.99. The van der Waals surface area contributed by atoms with Gasteiger partial charge in [-0.25, -0.2) is 0 Å². The first kappa shape index (κ1) is 13.2. The first-order chi connectivity index (χ1) is 8.78. The Morgan fingerprint density at radius 3 is 2.67 bits per heavy atom. The zero-order chi connectivity index (χ0) is 12.8. The zero-order valence-corrected chi connectivity index (χ0v) is 11.4. The van der Waals surface area contributed by atoms with Gasteiger partial charge in [-0.2, -0.15) is 0 Å². The van der Waals surface area contributed by atoms with E-state index < -0.39 is 0 Å².